The molecule has 0 aliphatic heterocycles. The van der Waals surface area contributed by atoms with Gasteiger partial charge < -0.3 is 0 Å². The normalized spacial score (nSPS) is 10.8. The Morgan fingerprint density at radius 1 is 1.17 bits per heavy atom. The van der Waals surface area contributed by atoms with Crippen molar-refractivity contribution in [1.82, 2.24) is 4.98 Å². The highest BCUT2D eigenvalue weighted by Crippen LogP contribution is 2.35. The van der Waals surface area contributed by atoms with Crippen LogP contribution in [0, 0.1) is 6.92 Å². The summed E-state index contributed by atoms with van der Waals surface area (Å²) in [4.78, 5) is 6.76. The Bertz CT molecular complexity index is 651. The number of halogens is 1. The van der Waals surface area contributed by atoms with Crippen LogP contribution in [0.4, 0.5) is 0 Å². The highest BCUT2D eigenvalue weighted by molar-refractivity contribution is 7.16. The van der Waals surface area contributed by atoms with E-state index in [0.717, 1.165) is 15.6 Å². The molecule has 3 aromatic heterocycles. The molecule has 0 amide bonds. The molecule has 0 aliphatic carbocycles. The highest BCUT2D eigenvalue weighted by atomic mass is 35.5. The first-order chi connectivity index (χ1) is 8.74. The smallest absolute Gasteiger partial charge is 0.0716 e. The number of hydrogen-bond donors (Lipinski definition) is 0. The van der Waals surface area contributed by atoms with Crippen molar-refractivity contribution in [3.63, 3.8) is 0 Å². The van der Waals surface area contributed by atoms with Gasteiger partial charge in [-0.05, 0) is 42.1 Å². The summed E-state index contributed by atoms with van der Waals surface area (Å²) < 4.78 is 0. The molecule has 0 saturated heterocycles. The molecule has 0 bridgehead atoms. The van der Waals surface area contributed by atoms with E-state index in [0.29, 0.717) is 0 Å². The van der Waals surface area contributed by atoms with E-state index in [-0.39, 0.29) is 0 Å². The second-order valence-electron chi connectivity index (χ2n) is 3.96. The van der Waals surface area contributed by atoms with Crippen LogP contribution in [0.1, 0.15) is 4.88 Å². The monoisotopic (exact) mass is 291 g/mol. The van der Waals surface area contributed by atoms with Crippen LogP contribution in [0.2, 0.25) is 5.02 Å². The number of thiophene rings is 2. The zero-order chi connectivity index (χ0) is 12.5. The molecule has 3 aromatic rings. The fourth-order valence-corrected chi connectivity index (χ4v) is 3.60. The number of hydrogen-bond acceptors (Lipinski definition) is 3. The third kappa shape index (κ3) is 2.21. The fraction of sp³-hybridized carbons (Fsp3) is 0.0714. The summed E-state index contributed by atoms with van der Waals surface area (Å²) in [5.41, 5.74) is 3.35. The molecule has 0 unspecified atom stereocenters. The topological polar surface area (TPSA) is 12.9 Å². The van der Waals surface area contributed by atoms with Crippen LogP contribution >= 0.6 is 34.3 Å². The first-order valence-electron chi connectivity index (χ1n) is 5.49. The minimum atomic E-state index is 0.837. The molecule has 0 radical (unpaired) electrons. The Morgan fingerprint density at radius 3 is 2.72 bits per heavy atom. The highest BCUT2D eigenvalue weighted by Gasteiger charge is 2.07. The van der Waals surface area contributed by atoms with Gasteiger partial charge in [0.15, 0.2) is 0 Å². The Balaban J connectivity index is 2.06. The van der Waals surface area contributed by atoms with E-state index in [1.54, 1.807) is 22.7 Å². The molecule has 0 atom stereocenters. The Kier molecular flexibility index (Phi) is 3.20. The van der Waals surface area contributed by atoms with Crippen molar-refractivity contribution in [3.8, 4) is 21.7 Å². The van der Waals surface area contributed by atoms with Crippen LogP contribution in [0.25, 0.3) is 21.7 Å². The molecule has 0 fully saturated rings. The van der Waals surface area contributed by atoms with Crippen molar-refractivity contribution >= 4 is 34.3 Å². The van der Waals surface area contributed by atoms with Gasteiger partial charge in [0.05, 0.1) is 10.7 Å². The van der Waals surface area contributed by atoms with E-state index >= 15 is 0 Å². The van der Waals surface area contributed by atoms with Crippen LogP contribution in [-0.2, 0) is 0 Å². The maximum atomic E-state index is 6.12. The molecular formula is C14H10ClNS2. The maximum Gasteiger partial charge on any atom is 0.0716 e. The largest absolute Gasteiger partial charge is 0.256 e. The Morgan fingerprint density at radius 2 is 2.06 bits per heavy atom. The van der Waals surface area contributed by atoms with Crippen molar-refractivity contribution in [2.75, 3.05) is 0 Å². The molecule has 1 nitrogen and oxygen atoms in total. The van der Waals surface area contributed by atoms with E-state index in [1.165, 1.54) is 16.0 Å². The van der Waals surface area contributed by atoms with Crippen molar-refractivity contribution in [3.05, 3.63) is 51.1 Å². The van der Waals surface area contributed by atoms with Crippen molar-refractivity contribution in [2.24, 2.45) is 0 Å². The van der Waals surface area contributed by atoms with Gasteiger partial charge in [-0.3, -0.25) is 4.98 Å². The molecule has 0 N–H and O–H groups in total. The number of aryl methyl sites for hydroxylation is 1. The van der Waals surface area contributed by atoms with Crippen molar-refractivity contribution in [1.29, 1.82) is 0 Å². The van der Waals surface area contributed by atoms with E-state index in [4.69, 9.17) is 11.6 Å². The van der Waals surface area contributed by atoms with Gasteiger partial charge in [-0.2, -0.15) is 11.3 Å². The first kappa shape index (κ1) is 11.9. The second-order valence-corrected chi connectivity index (χ2v) is 6.40. The van der Waals surface area contributed by atoms with Gasteiger partial charge in [0.1, 0.15) is 0 Å². The molecule has 0 saturated carbocycles. The fourth-order valence-electron chi connectivity index (χ4n) is 1.75. The summed E-state index contributed by atoms with van der Waals surface area (Å²) in [5.74, 6) is 0. The van der Waals surface area contributed by atoms with Gasteiger partial charge in [-0.1, -0.05) is 11.6 Å². The van der Waals surface area contributed by atoms with Crippen molar-refractivity contribution in [2.45, 2.75) is 6.92 Å². The van der Waals surface area contributed by atoms with E-state index in [1.807, 2.05) is 25.3 Å². The quantitative estimate of drug-likeness (QED) is 0.607. The molecule has 90 valence electrons. The number of pyridine rings is 1. The number of aromatic nitrogens is 1. The van der Waals surface area contributed by atoms with Gasteiger partial charge in [0.2, 0.25) is 0 Å². The first-order valence-corrected chi connectivity index (χ1v) is 7.63. The minimum Gasteiger partial charge on any atom is -0.256 e. The number of nitrogens with zero attached hydrogens (tertiary/aromatic N) is 1. The standard InChI is InChI=1S/C14H10ClNS2/c1-9-12(15)7-14(18-9)10-2-4-16-13(6-10)11-3-5-17-8-11/h2-8H,1H3. The summed E-state index contributed by atoms with van der Waals surface area (Å²) in [6.45, 7) is 2.04. The van der Waals surface area contributed by atoms with Gasteiger partial charge in [-0.15, -0.1) is 11.3 Å². The summed E-state index contributed by atoms with van der Waals surface area (Å²) in [7, 11) is 0. The Labute approximate surface area is 119 Å². The zero-order valence-electron chi connectivity index (χ0n) is 9.68. The Hall–Kier alpha value is -1.16. The molecule has 18 heavy (non-hydrogen) atoms. The lowest BCUT2D eigenvalue weighted by Gasteiger charge is -2.00. The molecule has 4 heteroatoms. The summed E-state index contributed by atoms with van der Waals surface area (Å²) in [6, 6.07) is 8.25. The lowest BCUT2D eigenvalue weighted by Crippen LogP contribution is -1.81. The van der Waals surface area contributed by atoms with Crippen LogP contribution < -0.4 is 0 Å². The lowest BCUT2D eigenvalue weighted by molar-refractivity contribution is 1.34. The minimum absolute atomic E-state index is 0.837. The van der Waals surface area contributed by atoms with Crippen molar-refractivity contribution < 1.29 is 0 Å². The van der Waals surface area contributed by atoms with Crippen LogP contribution in [-0.4, -0.2) is 4.98 Å². The molecule has 0 spiro atoms. The van der Waals surface area contributed by atoms with Gasteiger partial charge >= 0.3 is 0 Å². The maximum absolute atomic E-state index is 6.12. The average molecular weight is 292 g/mol. The SMILES string of the molecule is Cc1sc(-c2ccnc(-c3ccsc3)c2)cc1Cl. The van der Waals surface area contributed by atoms with Gasteiger partial charge in [0.25, 0.3) is 0 Å². The summed E-state index contributed by atoms with van der Waals surface area (Å²) in [5, 5.41) is 5.01. The molecule has 0 aromatic carbocycles. The zero-order valence-corrected chi connectivity index (χ0v) is 12.1. The van der Waals surface area contributed by atoms with E-state index in [2.05, 4.69) is 27.9 Å². The second kappa shape index (κ2) is 4.84. The third-order valence-electron chi connectivity index (χ3n) is 2.72. The van der Waals surface area contributed by atoms with E-state index < -0.39 is 0 Å². The number of rotatable bonds is 2. The van der Waals surface area contributed by atoms with Crippen LogP contribution in [0.5, 0.6) is 0 Å². The molecule has 0 aliphatic rings. The van der Waals surface area contributed by atoms with Crippen LogP contribution in [0.3, 0.4) is 0 Å². The molecule has 3 heterocycles. The average Bonchev–Trinajstić information content (AvgIpc) is 3.01. The molecular weight excluding hydrogens is 282 g/mol. The third-order valence-corrected chi connectivity index (χ3v) is 5.01. The predicted octanol–water partition coefficient (Wildman–Crippen LogP) is 5.50. The van der Waals surface area contributed by atoms with Gasteiger partial charge in [-0.25, -0.2) is 0 Å². The summed E-state index contributed by atoms with van der Waals surface area (Å²) >= 11 is 9.52. The predicted molar refractivity (Wildman–Crippen MR) is 80.6 cm³/mol. The van der Waals surface area contributed by atoms with Gasteiger partial charge in [0, 0.05) is 26.9 Å². The van der Waals surface area contributed by atoms with E-state index in [9.17, 15) is 0 Å². The summed E-state index contributed by atoms with van der Waals surface area (Å²) in [6.07, 6.45) is 1.85. The lowest BCUT2D eigenvalue weighted by atomic mass is 10.1. The van der Waals surface area contributed by atoms with Crippen LogP contribution in [0.15, 0.2) is 41.2 Å². The molecule has 3 rings (SSSR count).